The maximum Gasteiger partial charge on any atom is 0.190 e. The van der Waals surface area contributed by atoms with Crippen molar-refractivity contribution in [3.05, 3.63) is 48.3 Å². The van der Waals surface area contributed by atoms with E-state index in [9.17, 15) is 0 Å². The number of unbranched alkanes of at least 4 members (excludes halogenated alkanes) is 3. The minimum atomic E-state index is 0. The molecule has 25 heavy (non-hydrogen) atoms. The van der Waals surface area contributed by atoms with Crippen molar-refractivity contribution in [1.29, 1.82) is 0 Å². The molecule has 5 nitrogen and oxygen atoms in total. The van der Waals surface area contributed by atoms with Gasteiger partial charge in [0.25, 0.3) is 0 Å². The van der Waals surface area contributed by atoms with Crippen LogP contribution in [0.1, 0.15) is 38.2 Å². The summed E-state index contributed by atoms with van der Waals surface area (Å²) in [5, 5.41) is 11.1. The van der Waals surface area contributed by atoms with E-state index in [1.165, 1.54) is 31.2 Å². The van der Waals surface area contributed by atoms with Gasteiger partial charge in [-0.2, -0.15) is 5.10 Å². The number of benzene rings is 1. The lowest BCUT2D eigenvalue weighted by atomic mass is 10.2. The molecule has 0 atom stereocenters. The molecule has 138 valence electrons. The molecule has 0 unspecified atom stereocenters. The zero-order valence-corrected chi connectivity index (χ0v) is 17.6. The van der Waals surface area contributed by atoms with Gasteiger partial charge < -0.3 is 10.6 Å². The largest absolute Gasteiger partial charge is 0.356 e. The highest BCUT2D eigenvalue weighted by molar-refractivity contribution is 14.0. The number of nitrogens with zero attached hydrogens (tertiary/aromatic N) is 3. The third-order valence-corrected chi connectivity index (χ3v) is 3.91. The fourth-order valence-electron chi connectivity index (χ4n) is 2.52. The lowest BCUT2D eigenvalue weighted by molar-refractivity contribution is 0.647. The first-order chi connectivity index (χ1) is 11.8. The van der Waals surface area contributed by atoms with Gasteiger partial charge in [-0.1, -0.05) is 44.4 Å². The Hall–Kier alpha value is -1.57. The zero-order valence-electron chi connectivity index (χ0n) is 15.2. The summed E-state index contributed by atoms with van der Waals surface area (Å²) in [4.78, 5) is 4.26. The standard InChI is InChI=1S/C19H29N5.HI/c1-3-4-5-9-13-21-19(20-2)22-14-12-17-15-23-24(16-17)18-10-7-6-8-11-18;/h6-8,10-11,15-16H,3-5,9,12-14H2,1-2H3,(H2,20,21,22);1H. The molecule has 6 heteroatoms. The highest BCUT2D eigenvalue weighted by Crippen LogP contribution is 2.07. The van der Waals surface area contributed by atoms with Gasteiger partial charge in [-0.25, -0.2) is 4.68 Å². The van der Waals surface area contributed by atoms with Crippen LogP contribution in [0.3, 0.4) is 0 Å². The summed E-state index contributed by atoms with van der Waals surface area (Å²) < 4.78 is 1.91. The molecule has 0 amide bonds. The summed E-state index contributed by atoms with van der Waals surface area (Å²) in [6.07, 6.45) is 9.97. The molecule has 0 bridgehead atoms. The summed E-state index contributed by atoms with van der Waals surface area (Å²) in [6, 6.07) is 10.2. The highest BCUT2D eigenvalue weighted by Gasteiger charge is 2.02. The van der Waals surface area contributed by atoms with Gasteiger partial charge in [0, 0.05) is 26.3 Å². The molecule has 2 aromatic rings. The average Bonchev–Trinajstić information content (AvgIpc) is 3.09. The quantitative estimate of drug-likeness (QED) is 0.262. The maximum absolute atomic E-state index is 4.43. The van der Waals surface area contributed by atoms with Crippen LogP contribution in [0.2, 0.25) is 0 Å². The first kappa shape index (κ1) is 21.5. The average molecular weight is 455 g/mol. The van der Waals surface area contributed by atoms with Crippen LogP contribution in [0.25, 0.3) is 5.69 Å². The Morgan fingerprint density at radius 1 is 1.08 bits per heavy atom. The molecule has 1 aromatic heterocycles. The monoisotopic (exact) mass is 455 g/mol. The van der Waals surface area contributed by atoms with Crippen molar-refractivity contribution in [2.24, 2.45) is 4.99 Å². The van der Waals surface area contributed by atoms with Crippen LogP contribution < -0.4 is 10.6 Å². The van der Waals surface area contributed by atoms with Crippen LogP contribution in [-0.2, 0) is 6.42 Å². The van der Waals surface area contributed by atoms with Crippen molar-refractivity contribution in [1.82, 2.24) is 20.4 Å². The molecule has 0 spiro atoms. The minimum Gasteiger partial charge on any atom is -0.356 e. The number of guanidine groups is 1. The summed E-state index contributed by atoms with van der Waals surface area (Å²) in [5.41, 5.74) is 2.30. The molecule has 0 saturated heterocycles. The molecule has 1 aromatic carbocycles. The number of rotatable bonds is 9. The zero-order chi connectivity index (χ0) is 17.0. The predicted molar refractivity (Wildman–Crippen MR) is 116 cm³/mol. The molecule has 0 radical (unpaired) electrons. The molecule has 2 N–H and O–H groups in total. The summed E-state index contributed by atoms with van der Waals surface area (Å²) in [5.74, 6) is 0.877. The number of halogens is 1. The molecular weight excluding hydrogens is 425 g/mol. The number of hydrogen-bond donors (Lipinski definition) is 2. The van der Waals surface area contributed by atoms with Crippen molar-refractivity contribution >= 4 is 29.9 Å². The molecule has 0 saturated carbocycles. The second kappa shape index (κ2) is 12.7. The lowest BCUT2D eigenvalue weighted by Crippen LogP contribution is -2.38. The number of nitrogens with one attached hydrogen (secondary N) is 2. The fourth-order valence-corrected chi connectivity index (χ4v) is 2.52. The van der Waals surface area contributed by atoms with E-state index in [4.69, 9.17) is 0 Å². The van der Waals surface area contributed by atoms with Crippen molar-refractivity contribution in [2.75, 3.05) is 20.1 Å². The third-order valence-electron chi connectivity index (χ3n) is 3.91. The van der Waals surface area contributed by atoms with E-state index < -0.39 is 0 Å². The summed E-state index contributed by atoms with van der Waals surface area (Å²) in [7, 11) is 1.81. The first-order valence-electron chi connectivity index (χ1n) is 8.87. The number of hydrogen-bond acceptors (Lipinski definition) is 2. The highest BCUT2D eigenvalue weighted by atomic mass is 127. The van der Waals surface area contributed by atoms with E-state index in [-0.39, 0.29) is 24.0 Å². The van der Waals surface area contributed by atoms with Crippen LogP contribution in [0.4, 0.5) is 0 Å². The Labute approximate surface area is 168 Å². The Balaban J connectivity index is 0.00000312. The fraction of sp³-hybridized carbons (Fsp3) is 0.474. The van der Waals surface area contributed by atoms with Crippen molar-refractivity contribution in [2.45, 2.75) is 39.0 Å². The smallest absolute Gasteiger partial charge is 0.190 e. The van der Waals surface area contributed by atoms with E-state index in [0.29, 0.717) is 0 Å². The van der Waals surface area contributed by atoms with Crippen molar-refractivity contribution in [3.8, 4) is 5.69 Å². The van der Waals surface area contributed by atoms with Crippen molar-refractivity contribution in [3.63, 3.8) is 0 Å². The van der Waals surface area contributed by atoms with Gasteiger partial charge in [0.15, 0.2) is 5.96 Å². The number of aromatic nitrogens is 2. The van der Waals surface area contributed by atoms with Gasteiger partial charge in [-0.15, -0.1) is 24.0 Å². The maximum atomic E-state index is 4.43. The van der Waals surface area contributed by atoms with Gasteiger partial charge in [0.05, 0.1) is 11.9 Å². The molecule has 0 aliphatic rings. The third kappa shape index (κ3) is 7.90. The summed E-state index contributed by atoms with van der Waals surface area (Å²) in [6.45, 7) is 4.05. The lowest BCUT2D eigenvalue weighted by Gasteiger charge is -2.11. The second-order valence-electron chi connectivity index (χ2n) is 5.87. The Morgan fingerprint density at radius 3 is 2.56 bits per heavy atom. The molecule has 0 aliphatic heterocycles. The van der Waals surface area contributed by atoms with Gasteiger partial charge in [0.2, 0.25) is 0 Å². The molecule has 1 heterocycles. The van der Waals surface area contributed by atoms with E-state index in [2.05, 4.69) is 46.0 Å². The van der Waals surface area contributed by atoms with E-state index in [1.54, 1.807) is 0 Å². The SMILES string of the molecule is CCCCCCNC(=NC)NCCc1cnn(-c2ccccc2)c1.I. The number of aliphatic imine (C=N–C) groups is 1. The summed E-state index contributed by atoms with van der Waals surface area (Å²) >= 11 is 0. The van der Waals surface area contributed by atoms with Crippen LogP contribution >= 0.6 is 24.0 Å². The Morgan fingerprint density at radius 2 is 1.84 bits per heavy atom. The molecule has 0 fully saturated rings. The predicted octanol–water partition coefficient (Wildman–Crippen LogP) is 3.78. The van der Waals surface area contributed by atoms with Gasteiger partial charge in [-0.3, -0.25) is 4.99 Å². The van der Waals surface area contributed by atoms with Crippen LogP contribution in [0.15, 0.2) is 47.7 Å². The van der Waals surface area contributed by atoms with E-state index in [0.717, 1.165) is 31.2 Å². The Bertz CT molecular complexity index is 609. The van der Waals surface area contributed by atoms with E-state index >= 15 is 0 Å². The van der Waals surface area contributed by atoms with Crippen LogP contribution in [0, 0.1) is 0 Å². The van der Waals surface area contributed by atoms with Crippen LogP contribution in [0.5, 0.6) is 0 Å². The molecular formula is C19H30IN5. The first-order valence-corrected chi connectivity index (χ1v) is 8.87. The second-order valence-corrected chi connectivity index (χ2v) is 5.87. The van der Waals surface area contributed by atoms with Gasteiger partial charge in [-0.05, 0) is 30.5 Å². The van der Waals surface area contributed by atoms with Gasteiger partial charge >= 0.3 is 0 Å². The van der Waals surface area contributed by atoms with Crippen LogP contribution in [-0.4, -0.2) is 35.9 Å². The molecule has 2 rings (SSSR count). The van der Waals surface area contributed by atoms with E-state index in [1.807, 2.05) is 36.1 Å². The topological polar surface area (TPSA) is 54.2 Å². The van der Waals surface area contributed by atoms with Crippen molar-refractivity contribution < 1.29 is 0 Å². The Kier molecular flexibility index (Phi) is 10.9. The number of para-hydroxylation sites is 1. The molecule has 0 aliphatic carbocycles. The normalized spacial score (nSPS) is 11.0. The minimum absolute atomic E-state index is 0. The van der Waals surface area contributed by atoms with Gasteiger partial charge in [0.1, 0.15) is 0 Å².